The van der Waals surface area contributed by atoms with Crippen LogP contribution in [0.2, 0.25) is 5.28 Å². The van der Waals surface area contributed by atoms with Crippen molar-refractivity contribution in [2.75, 3.05) is 7.11 Å². The first-order valence-corrected chi connectivity index (χ1v) is 8.03. The summed E-state index contributed by atoms with van der Waals surface area (Å²) < 4.78 is 64.8. The summed E-state index contributed by atoms with van der Waals surface area (Å²) in [6.07, 6.45) is 0. The van der Waals surface area contributed by atoms with Gasteiger partial charge in [-0.3, -0.25) is 4.57 Å². The molecule has 0 saturated heterocycles. The maximum absolute atomic E-state index is 14.8. The molecule has 3 aromatic rings. The first-order chi connectivity index (χ1) is 12.8. The third-order valence-corrected chi connectivity index (χ3v) is 4.08. The van der Waals surface area contributed by atoms with E-state index >= 15 is 0 Å². The van der Waals surface area contributed by atoms with E-state index in [9.17, 15) is 17.6 Å². The van der Waals surface area contributed by atoms with Crippen molar-refractivity contribution in [1.82, 2.24) is 9.55 Å². The minimum Gasteiger partial charge on any atom is -0.494 e. The average Bonchev–Trinajstić information content (AvgIpc) is 2.89. The van der Waals surface area contributed by atoms with Crippen LogP contribution in [0.3, 0.4) is 0 Å². The van der Waals surface area contributed by atoms with Gasteiger partial charge in [0.25, 0.3) is 0 Å². The van der Waals surface area contributed by atoms with Gasteiger partial charge in [0.15, 0.2) is 11.6 Å². The number of rotatable bonds is 5. The first-order valence-electron chi connectivity index (χ1n) is 7.66. The SMILES string of the molecule is COc1ccc(F)c(-c2c(C)nc(Cl)n2-c2cccc(OC(F)F)c2)c1F. The number of aryl methyl sites for hydroxylation is 1. The van der Waals surface area contributed by atoms with Crippen LogP contribution in [0.4, 0.5) is 17.6 Å². The molecule has 0 unspecified atom stereocenters. The molecular formula is C18H13ClF4N2O2. The Hall–Kier alpha value is -2.74. The fourth-order valence-corrected chi connectivity index (χ4v) is 3.04. The van der Waals surface area contributed by atoms with Crippen molar-refractivity contribution in [1.29, 1.82) is 0 Å². The van der Waals surface area contributed by atoms with E-state index in [1.807, 2.05) is 0 Å². The Labute approximate surface area is 156 Å². The van der Waals surface area contributed by atoms with Crippen molar-refractivity contribution < 1.29 is 27.0 Å². The van der Waals surface area contributed by atoms with Crippen LogP contribution in [0.1, 0.15) is 5.69 Å². The summed E-state index contributed by atoms with van der Waals surface area (Å²) in [5, 5.41) is -0.0988. The highest BCUT2D eigenvalue weighted by Crippen LogP contribution is 2.37. The van der Waals surface area contributed by atoms with Crippen LogP contribution in [0.25, 0.3) is 16.9 Å². The lowest BCUT2D eigenvalue weighted by molar-refractivity contribution is -0.0498. The number of methoxy groups -OCH3 is 1. The zero-order valence-electron chi connectivity index (χ0n) is 14.1. The molecule has 0 saturated carbocycles. The maximum Gasteiger partial charge on any atom is 0.387 e. The number of imidazole rings is 1. The lowest BCUT2D eigenvalue weighted by Gasteiger charge is -2.14. The second kappa shape index (κ2) is 7.48. The normalized spacial score (nSPS) is 11.1. The molecule has 0 aliphatic heterocycles. The topological polar surface area (TPSA) is 36.3 Å². The van der Waals surface area contributed by atoms with Crippen LogP contribution < -0.4 is 9.47 Å². The summed E-state index contributed by atoms with van der Waals surface area (Å²) in [7, 11) is 1.25. The van der Waals surface area contributed by atoms with Crippen molar-refractivity contribution >= 4 is 11.6 Å². The second-order valence-electron chi connectivity index (χ2n) is 5.46. The lowest BCUT2D eigenvalue weighted by Crippen LogP contribution is -2.05. The van der Waals surface area contributed by atoms with E-state index in [1.165, 1.54) is 42.9 Å². The minimum absolute atomic E-state index is 0.0306. The van der Waals surface area contributed by atoms with Crippen LogP contribution in [0.15, 0.2) is 36.4 Å². The van der Waals surface area contributed by atoms with E-state index in [0.717, 1.165) is 12.1 Å². The van der Waals surface area contributed by atoms with E-state index < -0.39 is 23.8 Å². The van der Waals surface area contributed by atoms with Crippen LogP contribution in [0.5, 0.6) is 11.5 Å². The zero-order chi connectivity index (χ0) is 19.7. The van der Waals surface area contributed by atoms with Crippen molar-refractivity contribution in [2.45, 2.75) is 13.5 Å². The van der Waals surface area contributed by atoms with Gasteiger partial charge in [-0.15, -0.1) is 0 Å². The molecule has 27 heavy (non-hydrogen) atoms. The molecular weight excluding hydrogens is 388 g/mol. The molecule has 9 heteroatoms. The second-order valence-corrected chi connectivity index (χ2v) is 5.80. The van der Waals surface area contributed by atoms with E-state index in [2.05, 4.69) is 9.72 Å². The Morgan fingerprint density at radius 2 is 1.89 bits per heavy atom. The smallest absolute Gasteiger partial charge is 0.387 e. The number of hydrogen-bond acceptors (Lipinski definition) is 3. The van der Waals surface area contributed by atoms with E-state index in [1.54, 1.807) is 0 Å². The van der Waals surface area contributed by atoms with E-state index in [-0.39, 0.29) is 33.9 Å². The highest BCUT2D eigenvalue weighted by atomic mass is 35.5. The molecule has 0 radical (unpaired) electrons. The molecule has 0 fully saturated rings. The van der Waals surface area contributed by atoms with Crippen LogP contribution in [-0.4, -0.2) is 23.3 Å². The van der Waals surface area contributed by atoms with Gasteiger partial charge in [-0.2, -0.15) is 8.78 Å². The summed E-state index contributed by atoms with van der Waals surface area (Å²) in [5.41, 5.74) is 0.121. The number of alkyl halides is 2. The van der Waals surface area contributed by atoms with Gasteiger partial charge in [0.2, 0.25) is 5.28 Å². The van der Waals surface area contributed by atoms with Gasteiger partial charge in [-0.25, -0.2) is 13.8 Å². The van der Waals surface area contributed by atoms with Crippen molar-refractivity contribution in [3.8, 4) is 28.4 Å². The Balaban J connectivity index is 2.25. The molecule has 2 aromatic carbocycles. The molecule has 0 spiro atoms. The predicted molar refractivity (Wildman–Crippen MR) is 91.8 cm³/mol. The lowest BCUT2D eigenvalue weighted by atomic mass is 10.1. The summed E-state index contributed by atoms with van der Waals surface area (Å²) >= 11 is 6.16. The zero-order valence-corrected chi connectivity index (χ0v) is 14.9. The number of halogens is 5. The van der Waals surface area contributed by atoms with Crippen LogP contribution in [0, 0.1) is 18.6 Å². The van der Waals surface area contributed by atoms with Gasteiger partial charge in [0, 0.05) is 6.07 Å². The van der Waals surface area contributed by atoms with E-state index in [4.69, 9.17) is 16.3 Å². The monoisotopic (exact) mass is 400 g/mol. The minimum atomic E-state index is -3.02. The van der Waals surface area contributed by atoms with Crippen molar-refractivity contribution in [3.63, 3.8) is 0 Å². The van der Waals surface area contributed by atoms with Crippen LogP contribution in [-0.2, 0) is 0 Å². The molecule has 0 bridgehead atoms. The average molecular weight is 401 g/mol. The predicted octanol–water partition coefficient (Wildman–Crippen LogP) is 5.39. The van der Waals surface area contributed by atoms with Gasteiger partial charge in [-0.05, 0) is 42.8 Å². The summed E-state index contributed by atoms with van der Waals surface area (Å²) in [5.74, 6) is -2.08. The van der Waals surface area contributed by atoms with Gasteiger partial charge < -0.3 is 9.47 Å². The molecule has 0 amide bonds. The standard InChI is InChI=1S/C18H13ClF4N2O2/c1-9-16(14-12(20)6-7-13(26-2)15(14)21)25(17(19)24-9)10-4-3-5-11(8-10)27-18(22)23/h3-8,18H,1-2H3. The fraction of sp³-hybridized carbons (Fsp3) is 0.167. The number of aromatic nitrogens is 2. The Morgan fingerprint density at radius 1 is 1.15 bits per heavy atom. The number of nitrogens with zero attached hydrogens (tertiary/aromatic N) is 2. The Kier molecular flexibility index (Phi) is 5.27. The molecule has 3 rings (SSSR count). The summed E-state index contributed by atoms with van der Waals surface area (Å²) in [6.45, 7) is -1.50. The first kappa shape index (κ1) is 19.0. The molecule has 0 aliphatic rings. The van der Waals surface area contributed by atoms with Crippen molar-refractivity contribution in [2.24, 2.45) is 0 Å². The maximum atomic E-state index is 14.8. The Bertz CT molecular complexity index is 992. The van der Waals surface area contributed by atoms with Gasteiger partial charge in [0.05, 0.1) is 29.7 Å². The highest BCUT2D eigenvalue weighted by Gasteiger charge is 2.25. The van der Waals surface area contributed by atoms with Crippen molar-refractivity contribution in [3.05, 3.63) is 59.0 Å². The van der Waals surface area contributed by atoms with Crippen LogP contribution >= 0.6 is 11.6 Å². The number of benzene rings is 2. The van der Waals surface area contributed by atoms with E-state index in [0.29, 0.717) is 0 Å². The third-order valence-electron chi connectivity index (χ3n) is 3.82. The quantitative estimate of drug-likeness (QED) is 0.539. The third kappa shape index (κ3) is 3.57. The Morgan fingerprint density at radius 3 is 2.56 bits per heavy atom. The molecule has 1 heterocycles. The molecule has 0 atom stereocenters. The molecule has 0 N–H and O–H groups in total. The summed E-state index contributed by atoms with van der Waals surface area (Å²) in [4.78, 5) is 4.06. The molecule has 1 aromatic heterocycles. The molecule has 0 aliphatic carbocycles. The van der Waals surface area contributed by atoms with Gasteiger partial charge >= 0.3 is 6.61 Å². The number of hydrogen-bond donors (Lipinski definition) is 0. The molecule has 4 nitrogen and oxygen atoms in total. The van der Waals surface area contributed by atoms with Gasteiger partial charge in [0.1, 0.15) is 11.6 Å². The van der Waals surface area contributed by atoms with Gasteiger partial charge in [-0.1, -0.05) is 6.07 Å². The summed E-state index contributed by atoms with van der Waals surface area (Å²) in [6, 6.07) is 7.76. The number of ether oxygens (including phenoxy) is 2. The largest absolute Gasteiger partial charge is 0.494 e. The fourth-order valence-electron chi connectivity index (χ4n) is 2.73. The molecule has 142 valence electrons. The highest BCUT2D eigenvalue weighted by molar-refractivity contribution is 6.29.